The smallest absolute Gasteiger partial charge is 0.302 e. The van der Waals surface area contributed by atoms with E-state index in [1.807, 2.05) is 0 Å². The average Bonchev–Trinajstić information content (AvgIpc) is 3.17. The second-order valence-electron chi connectivity index (χ2n) is 8.15. The maximum Gasteiger partial charge on any atom is 0.416 e. The molecule has 28 heavy (non-hydrogen) atoms. The van der Waals surface area contributed by atoms with E-state index in [0.29, 0.717) is 18.2 Å². The second kappa shape index (κ2) is 7.88. The Labute approximate surface area is 165 Å². The molecule has 2 aliphatic heterocycles. The summed E-state index contributed by atoms with van der Waals surface area (Å²) in [5.74, 6) is 0. The quantitative estimate of drug-likeness (QED) is 0.674. The molecule has 0 aromatic heterocycles. The van der Waals surface area contributed by atoms with Crippen molar-refractivity contribution in [2.45, 2.75) is 51.0 Å². The Bertz CT molecular complexity index is 794. The molecule has 2 saturated heterocycles. The van der Waals surface area contributed by atoms with E-state index in [1.165, 1.54) is 36.1 Å². The molecule has 0 bridgehead atoms. The van der Waals surface area contributed by atoms with Crippen LogP contribution < -0.4 is 0 Å². The van der Waals surface area contributed by atoms with Crippen LogP contribution >= 0.6 is 0 Å². The van der Waals surface area contributed by atoms with Crippen LogP contribution in [0.3, 0.4) is 0 Å². The summed E-state index contributed by atoms with van der Waals surface area (Å²) in [5.41, 5.74) is 2.26. The lowest BCUT2D eigenvalue weighted by atomic mass is 9.85. The Morgan fingerprint density at radius 2 is 1.64 bits per heavy atom. The van der Waals surface area contributed by atoms with Gasteiger partial charge in [0.25, 0.3) is 0 Å². The Kier molecular flexibility index (Phi) is 5.48. The number of alkyl halides is 3. The number of benzene rings is 2. The summed E-state index contributed by atoms with van der Waals surface area (Å²) in [6.07, 6.45) is -0.852. The lowest BCUT2D eigenvalue weighted by Gasteiger charge is -2.50. The van der Waals surface area contributed by atoms with Gasteiger partial charge in [0, 0.05) is 25.2 Å². The van der Waals surface area contributed by atoms with Gasteiger partial charge in [0.2, 0.25) is 0 Å². The molecule has 0 spiro atoms. The molecule has 150 valence electrons. The van der Waals surface area contributed by atoms with Gasteiger partial charge in [-0.2, -0.15) is 13.2 Å². The minimum Gasteiger partial charge on any atom is -0.302 e. The number of hydrogen-bond acceptors (Lipinski definition) is 2. The zero-order chi connectivity index (χ0) is 19.7. The highest BCUT2D eigenvalue weighted by molar-refractivity contribution is 5.32. The number of aryl methyl sites for hydroxylation is 1. The van der Waals surface area contributed by atoms with Gasteiger partial charge in [-0.3, -0.25) is 4.90 Å². The number of likely N-dealkylation sites (tertiary alicyclic amines) is 2. The summed E-state index contributed by atoms with van der Waals surface area (Å²) in [6, 6.07) is 14.9. The van der Waals surface area contributed by atoms with Crippen molar-refractivity contribution in [3.63, 3.8) is 0 Å². The molecule has 0 aliphatic carbocycles. The highest BCUT2D eigenvalue weighted by Crippen LogP contribution is 2.42. The van der Waals surface area contributed by atoms with E-state index in [0.717, 1.165) is 26.1 Å². The molecule has 2 fully saturated rings. The molecule has 2 aromatic rings. The monoisotopic (exact) mass is 388 g/mol. The Morgan fingerprint density at radius 1 is 0.964 bits per heavy atom. The van der Waals surface area contributed by atoms with E-state index in [9.17, 15) is 13.2 Å². The fourth-order valence-corrected chi connectivity index (χ4v) is 4.57. The van der Waals surface area contributed by atoms with Crippen molar-refractivity contribution >= 4 is 0 Å². The summed E-state index contributed by atoms with van der Waals surface area (Å²) < 4.78 is 40.4. The fraction of sp³-hybridized carbons (Fsp3) is 0.478. The molecule has 0 radical (unpaired) electrons. The van der Waals surface area contributed by atoms with Gasteiger partial charge < -0.3 is 4.90 Å². The zero-order valence-electron chi connectivity index (χ0n) is 16.3. The van der Waals surface area contributed by atoms with E-state index in [4.69, 9.17) is 0 Å². The van der Waals surface area contributed by atoms with Gasteiger partial charge in [-0.05, 0) is 56.5 Å². The van der Waals surface area contributed by atoms with Gasteiger partial charge >= 0.3 is 6.18 Å². The van der Waals surface area contributed by atoms with Crippen molar-refractivity contribution in [3.05, 3.63) is 70.8 Å². The summed E-state index contributed by atoms with van der Waals surface area (Å²) in [5, 5.41) is 0. The van der Waals surface area contributed by atoms with Gasteiger partial charge in [0.05, 0.1) is 5.56 Å². The van der Waals surface area contributed by atoms with Crippen molar-refractivity contribution in [2.24, 2.45) is 0 Å². The molecular weight excluding hydrogens is 361 g/mol. The molecule has 2 nitrogen and oxygen atoms in total. The minimum atomic E-state index is -4.31. The number of hydrogen-bond donors (Lipinski definition) is 0. The van der Waals surface area contributed by atoms with Crippen molar-refractivity contribution in [1.82, 2.24) is 9.80 Å². The number of nitrogens with zero attached hydrogens (tertiary/aromatic N) is 2. The molecule has 0 amide bonds. The van der Waals surface area contributed by atoms with Crippen molar-refractivity contribution < 1.29 is 13.2 Å². The highest BCUT2D eigenvalue weighted by Gasteiger charge is 2.41. The molecule has 2 aliphatic rings. The summed E-state index contributed by atoms with van der Waals surface area (Å²) >= 11 is 0. The summed E-state index contributed by atoms with van der Waals surface area (Å²) in [7, 11) is 0. The van der Waals surface area contributed by atoms with E-state index in [2.05, 4.69) is 41.0 Å². The zero-order valence-corrected chi connectivity index (χ0v) is 16.3. The van der Waals surface area contributed by atoms with Gasteiger partial charge in [-0.25, -0.2) is 0 Å². The standard InChI is InChI=1S/C23H27F3N2/c1-17-8-10-18(11-9-17)22-14-20(16-27-12-4-5-13-27)28(22)15-19-6-2-3-7-21(19)23(24,25)26/h2-3,6-11,20,22H,4-5,12-16H2,1H3. The first-order chi connectivity index (χ1) is 13.4. The third-order valence-electron chi connectivity index (χ3n) is 6.17. The first kappa shape index (κ1) is 19.5. The largest absolute Gasteiger partial charge is 0.416 e. The van der Waals surface area contributed by atoms with Gasteiger partial charge in [-0.15, -0.1) is 0 Å². The van der Waals surface area contributed by atoms with Crippen molar-refractivity contribution in [2.75, 3.05) is 19.6 Å². The fourth-order valence-electron chi connectivity index (χ4n) is 4.57. The van der Waals surface area contributed by atoms with Crippen LogP contribution in [0.5, 0.6) is 0 Å². The van der Waals surface area contributed by atoms with Crippen LogP contribution in [0.25, 0.3) is 0 Å². The molecular formula is C23H27F3N2. The van der Waals surface area contributed by atoms with E-state index in [-0.39, 0.29) is 6.04 Å². The molecule has 2 aromatic carbocycles. The van der Waals surface area contributed by atoms with Crippen LogP contribution in [0, 0.1) is 6.92 Å². The molecule has 4 rings (SSSR count). The first-order valence-corrected chi connectivity index (χ1v) is 10.1. The predicted molar refractivity (Wildman–Crippen MR) is 105 cm³/mol. The van der Waals surface area contributed by atoms with Crippen LogP contribution in [0.2, 0.25) is 0 Å². The maximum absolute atomic E-state index is 13.5. The molecule has 0 N–H and O–H groups in total. The Balaban J connectivity index is 1.57. The summed E-state index contributed by atoms with van der Waals surface area (Å²) in [6.45, 7) is 5.57. The molecule has 5 heteroatoms. The molecule has 2 heterocycles. The summed E-state index contributed by atoms with van der Waals surface area (Å²) in [4.78, 5) is 4.73. The third kappa shape index (κ3) is 4.11. The second-order valence-corrected chi connectivity index (χ2v) is 8.15. The van der Waals surface area contributed by atoms with Crippen molar-refractivity contribution in [1.29, 1.82) is 0 Å². The normalized spacial score (nSPS) is 23.7. The van der Waals surface area contributed by atoms with Crippen LogP contribution in [-0.4, -0.2) is 35.5 Å². The van der Waals surface area contributed by atoms with Crippen LogP contribution in [0.4, 0.5) is 13.2 Å². The lowest BCUT2D eigenvalue weighted by Crippen LogP contribution is -2.54. The van der Waals surface area contributed by atoms with Crippen LogP contribution in [-0.2, 0) is 12.7 Å². The van der Waals surface area contributed by atoms with E-state index in [1.54, 1.807) is 12.1 Å². The molecule has 2 atom stereocenters. The van der Waals surface area contributed by atoms with Gasteiger partial charge in [0.15, 0.2) is 0 Å². The SMILES string of the molecule is Cc1ccc(C2CC(CN3CCCC3)N2Cc2ccccc2C(F)(F)F)cc1. The van der Waals surface area contributed by atoms with Crippen molar-refractivity contribution in [3.8, 4) is 0 Å². The van der Waals surface area contributed by atoms with Gasteiger partial charge in [-0.1, -0.05) is 48.0 Å². The molecule has 0 saturated carbocycles. The van der Waals surface area contributed by atoms with Crippen LogP contribution in [0.15, 0.2) is 48.5 Å². The number of halogens is 3. The van der Waals surface area contributed by atoms with E-state index >= 15 is 0 Å². The minimum absolute atomic E-state index is 0.189. The van der Waals surface area contributed by atoms with Gasteiger partial charge in [0.1, 0.15) is 0 Å². The predicted octanol–water partition coefficient (Wildman–Crippen LogP) is 5.43. The lowest BCUT2D eigenvalue weighted by molar-refractivity contribution is -0.139. The van der Waals surface area contributed by atoms with E-state index < -0.39 is 11.7 Å². The van der Waals surface area contributed by atoms with Crippen LogP contribution in [0.1, 0.15) is 47.6 Å². The third-order valence-corrected chi connectivity index (χ3v) is 6.17. The highest BCUT2D eigenvalue weighted by atomic mass is 19.4. The maximum atomic E-state index is 13.5. The number of rotatable bonds is 5. The Morgan fingerprint density at radius 3 is 2.32 bits per heavy atom. The molecule has 2 unspecified atom stereocenters. The topological polar surface area (TPSA) is 6.48 Å². The Hall–Kier alpha value is -1.85. The first-order valence-electron chi connectivity index (χ1n) is 10.1. The average molecular weight is 388 g/mol.